The van der Waals surface area contributed by atoms with Gasteiger partial charge in [-0.2, -0.15) is 0 Å². The third kappa shape index (κ3) is 4.31. The Balaban J connectivity index is 1.78. The smallest absolute Gasteiger partial charge is 0.244 e. The standard InChI is InChI=1S/C25H20ClN3O3/c1-15-7-10-17(11-8-15)23(31)19-13-29(25-18(24(19)32)12-9-16(2)27-25)14-22(30)28-21-6-4-3-5-20(21)26/h3-13H,14H2,1-2H3,(H,28,30). The van der Waals surface area contributed by atoms with Crippen LogP contribution in [0.1, 0.15) is 27.2 Å². The first kappa shape index (κ1) is 21.5. The van der Waals surface area contributed by atoms with Gasteiger partial charge in [-0.1, -0.05) is 53.6 Å². The van der Waals surface area contributed by atoms with Gasteiger partial charge in [-0.15, -0.1) is 0 Å². The van der Waals surface area contributed by atoms with Crippen molar-refractivity contribution >= 4 is 40.0 Å². The fourth-order valence-corrected chi connectivity index (χ4v) is 3.59. The molecule has 6 nitrogen and oxygen atoms in total. The second kappa shape index (κ2) is 8.77. The van der Waals surface area contributed by atoms with Gasteiger partial charge in [0.05, 0.1) is 21.7 Å². The summed E-state index contributed by atoms with van der Waals surface area (Å²) in [7, 11) is 0. The van der Waals surface area contributed by atoms with Gasteiger partial charge in [-0.25, -0.2) is 4.98 Å². The Morgan fingerprint density at radius 2 is 1.72 bits per heavy atom. The van der Waals surface area contributed by atoms with Gasteiger partial charge >= 0.3 is 0 Å². The largest absolute Gasteiger partial charge is 0.323 e. The number of amides is 1. The zero-order valence-electron chi connectivity index (χ0n) is 17.6. The van der Waals surface area contributed by atoms with Gasteiger partial charge in [0.15, 0.2) is 5.78 Å². The summed E-state index contributed by atoms with van der Waals surface area (Å²) >= 11 is 6.13. The van der Waals surface area contributed by atoms with Crippen molar-refractivity contribution in [2.75, 3.05) is 5.32 Å². The van der Waals surface area contributed by atoms with Gasteiger partial charge in [0.1, 0.15) is 12.2 Å². The number of pyridine rings is 2. The van der Waals surface area contributed by atoms with Crippen LogP contribution in [-0.4, -0.2) is 21.2 Å². The maximum atomic E-state index is 13.1. The van der Waals surface area contributed by atoms with Crippen molar-refractivity contribution in [1.29, 1.82) is 0 Å². The van der Waals surface area contributed by atoms with Crippen molar-refractivity contribution in [3.8, 4) is 0 Å². The Bertz CT molecular complexity index is 1410. The van der Waals surface area contributed by atoms with E-state index < -0.39 is 11.2 Å². The zero-order valence-corrected chi connectivity index (χ0v) is 18.3. The Labute approximate surface area is 189 Å². The van der Waals surface area contributed by atoms with Crippen molar-refractivity contribution in [2.45, 2.75) is 20.4 Å². The van der Waals surface area contributed by atoms with Crippen LogP contribution in [0.3, 0.4) is 0 Å². The molecule has 4 rings (SSSR count). The maximum absolute atomic E-state index is 13.1. The Morgan fingerprint density at radius 1 is 1.00 bits per heavy atom. The molecule has 0 atom stereocenters. The normalized spacial score (nSPS) is 10.8. The Kier molecular flexibility index (Phi) is 5.88. The molecule has 0 radical (unpaired) electrons. The Morgan fingerprint density at radius 3 is 2.44 bits per heavy atom. The number of halogens is 1. The molecule has 4 aromatic rings. The van der Waals surface area contributed by atoms with E-state index in [0.29, 0.717) is 27.6 Å². The van der Waals surface area contributed by atoms with Gasteiger partial charge in [0.25, 0.3) is 0 Å². The second-order valence-corrected chi connectivity index (χ2v) is 7.95. The van der Waals surface area contributed by atoms with Crippen LogP contribution in [0.5, 0.6) is 0 Å². The number of hydrogen-bond acceptors (Lipinski definition) is 4. The quantitative estimate of drug-likeness (QED) is 0.457. The van der Waals surface area contributed by atoms with E-state index in [4.69, 9.17) is 11.6 Å². The van der Waals surface area contributed by atoms with Crippen LogP contribution in [0, 0.1) is 13.8 Å². The number of aryl methyl sites for hydroxylation is 2. The summed E-state index contributed by atoms with van der Waals surface area (Å²) in [5.74, 6) is -0.766. The SMILES string of the molecule is Cc1ccc(C(=O)c2cn(CC(=O)Nc3ccccc3Cl)c3nc(C)ccc3c2=O)cc1. The highest BCUT2D eigenvalue weighted by Crippen LogP contribution is 2.21. The molecule has 0 spiro atoms. The van der Waals surface area contributed by atoms with Crippen LogP contribution in [0.25, 0.3) is 11.0 Å². The van der Waals surface area contributed by atoms with Crippen molar-refractivity contribution < 1.29 is 9.59 Å². The number of fused-ring (bicyclic) bond motifs is 1. The predicted molar refractivity (Wildman–Crippen MR) is 125 cm³/mol. The van der Waals surface area contributed by atoms with E-state index in [9.17, 15) is 14.4 Å². The number of hydrogen-bond donors (Lipinski definition) is 1. The summed E-state index contributed by atoms with van der Waals surface area (Å²) in [6.07, 6.45) is 1.41. The number of carbonyl (C=O) groups excluding carboxylic acids is 2. The molecule has 0 unspecified atom stereocenters. The second-order valence-electron chi connectivity index (χ2n) is 7.55. The van der Waals surface area contributed by atoms with E-state index in [-0.39, 0.29) is 23.4 Å². The molecule has 0 aliphatic rings. The number of rotatable bonds is 5. The number of anilines is 1. The average molecular weight is 446 g/mol. The molecular formula is C25H20ClN3O3. The minimum atomic E-state index is -0.416. The number of nitrogens with one attached hydrogen (secondary N) is 1. The van der Waals surface area contributed by atoms with E-state index in [2.05, 4.69) is 10.3 Å². The first-order valence-corrected chi connectivity index (χ1v) is 10.4. The summed E-state index contributed by atoms with van der Waals surface area (Å²) in [4.78, 5) is 43.4. The number of para-hydroxylation sites is 1. The lowest BCUT2D eigenvalue weighted by molar-refractivity contribution is -0.116. The molecule has 2 aromatic heterocycles. The highest BCUT2D eigenvalue weighted by molar-refractivity contribution is 6.33. The summed E-state index contributed by atoms with van der Waals surface area (Å²) in [6, 6.07) is 17.2. The Hall–Kier alpha value is -3.77. The van der Waals surface area contributed by atoms with Crippen LogP contribution in [0.4, 0.5) is 5.69 Å². The number of benzene rings is 2. The van der Waals surface area contributed by atoms with E-state index in [1.54, 1.807) is 55.5 Å². The van der Waals surface area contributed by atoms with Crippen LogP contribution >= 0.6 is 11.6 Å². The van der Waals surface area contributed by atoms with Crippen molar-refractivity contribution in [3.63, 3.8) is 0 Å². The van der Waals surface area contributed by atoms with Gasteiger partial charge in [0, 0.05) is 17.5 Å². The predicted octanol–water partition coefficient (Wildman–Crippen LogP) is 4.54. The lowest BCUT2D eigenvalue weighted by Gasteiger charge is -2.14. The summed E-state index contributed by atoms with van der Waals surface area (Å²) < 4.78 is 1.53. The summed E-state index contributed by atoms with van der Waals surface area (Å²) in [5.41, 5.74) is 2.48. The first-order valence-electron chi connectivity index (χ1n) is 10.00. The van der Waals surface area contributed by atoms with Gasteiger partial charge in [-0.05, 0) is 38.1 Å². The number of ketones is 1. The number of carbonyl (C=O) groups is 2. The topological polar surface area (TPSA) is 81.1 Å². The van der Waals surface area contributed by atoms with E-state index in [1.807, 2.05) is 19.1 Å². The van der Waals surface area contributed by atoms with E-state index in [1.165, 1.54) is 10.8 Å². The maximum Gasteiger partial charge on any atom is 0.244 e. The number of nitrogens with zero attached hydrogens (tertiary/aromatic N) is 2. The molecule has 2 heterocycles. The molecule has 0 aliphatic carbocycles. The molecule has 0 saturated heterocycles. The summed E-state index contributed by atoms with van der Waals surface area (Å²) in [6.45, 7) is 3.57. The third-order valence-electron chi connectivity index (χ3n) is 5.08. The molecule has 7 heteroatoms. The molecule has 1 N–H and O–H groups in total. The van der Waals surface area contributed by atoms with Crippen LogP contribution in [-0.2, 0) is 11.3 Å². The van der Waals surface area contributed by atoms with Gasteiger partial charge in [-0.3, -0.25) is 14.4 Å². The van der Waals surface area contributed by atoms with Crippen LogP contribution in [0.15, 0.2) is 71.7 Å². The van der Waals surface area contributed by atoms with E-state index >= 15 is 0 Å². The first-order chi connectivity index (χ1) is 15.3. The molecule has 0 bridgehead atoms. The number of aromatic nitrogens is 2. The summed E-state index contributed by atoms with van der Waals surface area (Å²) in [5, 5.41) is 3.45. The van der Waals surface area contributed by atoms with Crippen molar-refractivity contribution in [2.24, 2.45) is 0 Å². The minimum absolute atomic E-state index is 0.0162. The zero-order chi connectivity index (χ0) is 22.8. The lowest BCUT2D eigenvalue weighted by Crippen LogP contribution is -2.25. The molecule has 32 heavy (non-hydrogen) atoms. The van der Waals surface area contributed by atoms with Crippen LogP contribution < -0.4 is 10.7 Å². The molecule has 0 fully saturated rings. The van der Waals surface area contributed by atoms with Gasteiger partial charge in [0.2, 0.25) is 11.3 Å². The van der Waals surface area contributed by atoms with E-state index in [0.717, 1.165) is 5.56 Å². The van der Waals surface area contributed by atoms with Crippen molar-refractivity contribution in [3.05, 3.63) is 104 Å². The molecule has 0 aliphatic heterocycles. The van der Waals surface area contributed by atoms with Crippen molar-refractivity contribution in [1.82, 2.24) is 9.55 Å². The minimum Gasteiger partial charge on any atom is -0.323 e. The van der Waals surface area contributed by atoms with Crippen LogP contribution in [0.2, 0.25) is 5.02 Å². The third-order valence-corrected chi connectivity index (χ3v) is 5.41. The molecule has 160 valence electrons. The molecule has 1 amide bonds. The molecular weight excluding hydrogens is 426 g/mol. The monoisotopic (exact) mass is 445 g/mol. The molecule has 2 aromatic carbocycles. The highest BCUT2D eigenvalue weighted by atomic mass is 35.5. The lowest BCUT2D eigenvalue weighted by atomic mass is 10.0. The fourth-order valence-electron chi connectivity index (χ4n) is 3.41. The average Bonchev–Trinajstić information content (AvgIpc) is 2.77. The molecule has 0 saturated carbocycles. The highest BCUT2D eigenvalue weighted by Gasteiger charge is 2.19. The van der Waals surface area contributed by atoms with Gasteiger partial charge < -0.3 is 9.88 Å². The fraction of sp³-hybridized carbons (Fsp3) is 0.120.